The zero-order valence-corrected chi connectivity index (χ0v) is 17.1. The minimum Gasteiger partial charge on any atom is -0.459 e. The lowest BCUT2D eigenvalue weighted by molar-refractivity contribution is -0.205. The van der Waals surface area contributed by atoms with Crippen LogP contribution in [-0.4, -0.2) is 65.8 Å². The highest BCUT2D eigenvalue weighted by molar-refractivity contribution is 6.22. The quantitative estimate of drug-likeness (QED) is 0.392. The number of ether oxygens (including phenoxy) is 2. The molecule has 9 heteroatoms. The summed E-state index contributed by atoms with van der Waals surface area (Å²) >= 11 is 0. The van der Waals surface area contributed by atoms with Crippen LogP contribution in [0.1, 0.15) is 33.1 Å². The molecular formula is C21H25NO8. The fourth-order valence-corrected chi connectivity index (χ4v) is 7.16. The Morgan fingerprint density at radius 3 is 2.57 bits per heavy atom. The molecule has 162 valence electrons. The van der Waals surface area contributed by atoms with E-state index >= 15 is 0 Å². The van der Waals surface area contributed by atoms with Gasteiger partial charge in [-0.05, 0) is 18.4 Å². The lowest BCUT2D eigenvalue weighted by Gasteiger charge is -2.51. The largest absolute Gasteiger partial charge is 0.459 e. The molecule has 3 aliphatic carbocycles. The van der Waals surface area contributed by atoms with Crippen molar-refractivity contribution in [3.63, 3.8) is 0 Å². The van der Waals surface area contributed by atoms with E-state index in [-0.39, 0.29) is 30.8 Å². The van der Waals surface area contributed by atoms with Crippen LogP contribution in [0.15, 0.2) is 11.1 Å². The summed E-state index contributed by atoms with van der Waals surface area (Å²) in [6, 6.07) is 0. The molecule has 1 amide bonds. The number of fused-ring (bicyclic) bond motifs is 3. The summed E-state index contributed by atoms with van der Waals surface area (Å²) in [6.45, 7) is 3.30. The second-order valence-electron chi connectivity index (χ2n) is 9.60. The SMILES string of the molecule is COC[C@H]1OC(=O)[C@@H]2[C@H](O)NC(=O)[C@]23C(=O)C2=C([C@H](O)C[C@]4(C)C(=O)CC[C@@H]24)[C@@]13C. The van der Waals surface area contributed by atoms with Gasteiger partial charge in [-0.3, -0.25) is 19.2 Å². The maximum absolute atomic E-state index is 14.1. The molecule has 2 heterocycles. The Kier molecular flexibility index (Phi) is 3.82. The molecule has 0 aromatic carbocycles. The average Bonchev–Trinajstić information content (AvgIpc) is 3.19. The second-order valence-corrected chi connectivity index (χ2v) is 9.60. The van der Waals surface area contributed by atoms with Crippen molar-refractivity contribution in [1.82, 2.24) is 5.32 Å². The molecule has 0 aromatic rings. The number of rotatable bonds is 2. The molecule has 2 saturated heterocycles. The maximum Gasteiger partial charge on any atom is 0.315 e. The minimum absolute atomic E-state index is 0.0170. The molecule has 1 saturated carbocycles. The van der Waals surface area contributed by atoms with E-state index in [0.29, 0.717) is 12.0 Å². The van der Waals surface area contributed by atoms with Gasteiger partial charge in [-0.2, -0.15) is 0 Å². The van der Waals surface area contributed by atoms with E-state index in [1.807, 2.05) is 0 Å². The fourth-order valence-electron chi connectivity index (χ4n) is 7.16. The Bertz CT molecular complexity index is 941. The van der Waals surface area contributed by atoms with Gasteiger partial charge in [0.15, 0.2) is 5.78 Å². The molecule has 9 nitrogen and oxygen atoms in total. The van der Waals surface area contributed by atoms with E-state index < -0.39 is 64.2 Å². The molecule has 3 N–H and O–H groups in total. The van der Waals surface area contributed by atoms with Crippen molar-refractivity contribution in [2.75, 3.05) is 13.7 Å². The summed E-state index contributed by atoms with van der Waals surface area (Å²) < 4.78 is 10.8. The first-order chi connectivity index (χ1) is 14.1. The Morgan fingerprint density at radius 1 is 1.20 bits per heavy atom. The second kappa shape index (κ2) is 5.77. The summed E-state index contributed by atoms with van der Waals surface area (Å²) in [5.74, 6) is -4.08. The van der Waals surface area contributed by atoms with Crippen LogP contribution in [0.5, 0.6) is 0 Å². The molecule has 0 unspecified atom stereocenters. The molecule has 8 atom stereocenters. The van der Waals surface area contributed by atoms with Crippen molar-refractivity contribution in [3.8, 4) is 0 Å². The van der Waals surface area contributed by atoms with Crippen molar-refractivity contribution in [3.05, 3.63) is 11.1 Å². The van der Waals surface area contributed by atoms with Crippen LogP contribution in [0.3, 0.4) is 0 Å². The standard InChI is InChI=1S/C21H25NO8/c1-19-6-9(23)13-12(8(19)4-5-10(19)24)15(25)21-14(16(26)22-18(21)28)17(27)30-11(7-29-3)20(13,21)2/h8-9,11,14,16,23,26H,4-7H2,1-3H3,(H,22,28)/t8-,9+,11+,14-,16-,19-,20+,21+/m0/s1. The van der Waals surface area contributed by atoms with Gasteiger partial charge >= 0.3 is 5.97 Å². The first-order valence-electron chi connectivity index (χ1n) is 10.3. The van der Waals surface area contributed by atoms with E-state index in [0.717, 1.165) is 0 Å². The number of cyclic esters (lactones) is 1. The van der Waals surface area contributed by atoms with Gasteiger partial charge in [0.2, 0.25) is 5.91 Å². The molecule has 5 aliphatic rings. The van der Waals surface area contributed by atoms with Gasteiger partial charge in [0.1, 0.15) is 29.4 Å². The Morgan fingerprint density at radius 2 is 1.90 bits per heavy atom. The van der Waals surface area contributed by atoms with Crippen molar-refractivity contribution < 1.29 is 38.9 Å². The third kappa shape index (κ3) is 1.82. The van der Waals surface area contributed by atoms with Crippen LogP contribution in [0.4, 0.5) is 0 Å². The number of aliphatic hydroxyl groups is 2. The van der Waals surface area contributed by atoms with Crippen LogP contribution < -0.4 is 5.32 Å². The zero-order chi connectivity index (χ0) is 21.8. The van der Waals surface area contributed by atoms with E-state index in [2.05, 4.69) is 5.32 Å². The van der Waals surface area contributed by atoms with Gasteiger partial charge in [0.25, 0.3) is 0 Å². The van der Waals surface area contributed by atoms with E-state index in [9.17, 15) is 29.4 Å². The monoisotopic (exact) mass is 419 g/mol. The van der Waals surface area contributed by atoms with Crippen molar-refractivity contribution >= 4 is 23.4 Å². The number of amides is 1. The molecule has 1 spiro atoms. The molecule has 0 aromatic heterocycles. The van der Waals surface area contributed by atoms with Gasteiger partial charge in [0.05, 0.1) is 18.1 Å². The molecule has 2 aliphatic heterocycles. The van der Waals surface area contributed by atoms with E-state index in [1.165, 1.54) is 7.11 Å². The third-order valence-corrected chi connectivity index (χ3v) is 8.53. The predicted molar refractivity (Wildman–Crippen MR) is 98.4 cm³/mol. The van der Waals surface area contributed by atoms with Crippen LogP contribution in [0, 0.1) is 28.1 Å². The number of carbonyl (C=O) groups is 4. The van der Waals surface area contributed by atoms with Crippen LogP contribution in [0.25, 0.3) is 0 Å². The number of allylic oxidation sites excluding steroid dienone is 1. The summed E-state index contributed by atoms with van der Waals surface area (Å²) in [4.78, 5) is 52.9. The summed E-state index contributed by atoms with van der Waals surface area (Å²) in [6.07, 6.45) is -2.87. The number of ketones is 2. The highest BCUT2D eigenvalue weighted by atomic mass is 16.6. The molecular weight excluding hydrogens is 394 g/mol. The van der Waals surface area contributed by atoms with E-state index in [1.54, 1.807) is 13.8 Å². The smallest absolute Gasteiger partial charge is 0.315 e. The van der Waals surface area contributed by atoms with Gasteiger partial charge in [-0.15, -0.1) is 0 Å². The van der Waals surface area contributed by atoms with Gasteiger partial charge < -0.3 is 25.0 Å². The van der Waals surface area contributed by atoms with Crippen LogP contribution in [0.2, 0.25) is 0 Å². The van der Waals surface area contributed by atoms with Crippen LogP contribution >= 0.6 is 0 Å². The number of methoxy groups -OCH3 is 1. The van der Waals surface area contributed by atoms with E-state index in [4.69, 9.17) is 9.47 Å². The van der Waals surface area contributed by atoms with Crippen molar-refractivity contribution in [1.29, 1.82) is 0 Å². The maximum atomic E-state index is 14.1. The summed E-state index contributed by atoms with van der Waals surface area (Å²) in [7, 11) is 1.41. The number of carbonyl (C=O) groups excluding carboxylic acids is 4. The van der Waals surface area contributed by atoms with Crippen molar-refractivity contribution in [2.45, 2.75) is 51.5 Å². The first-order valence-corrected chi connectivity index (χ1v) is 10.3. The topological polar surface area (TPSA) is 139 Å². The zero-order valence-electron chi connectivity index (χ0n) is 17.1. The summed E-state index contributed by atoms with van der Waals surface area (Å²) in [5.41, 5.74) is -3.62. The molecule has 5 rings (SSSR count). The lowest BCUT2D eigenvalue weighted by atomic mass is 9.53. The number of esters is 1. The normalized spacial score (nSPS) is 49.4. The number of hydrogen-bond acceptors (Lipinski definition) is 8. The number of hydrogen-bond donors (Lipinski definition) is 3. The number of nitrogens with one attached hydrogen (secondary N) is 1. The minimum atomic E-state index is -1.94. The summed E-state index contributed by atoms with van der Waals surface area (Å²) in [5, 5.41) is 24.0. The molecule has 0 bridgehead atoms. The van der Waals surface area contributed by atoms with Gasteiger partial charge in [-0.1, -0.05) is 13.8 Å². The fraction of sp³-hybridized carbons (Fsp3) is 0.714. The highest BCUT2D eigenvalue weighted by Gasteiger charge is 2.82. The average molecular weight is 419 g/mol. The third-order valence-electron chi connectivity index (χ3n) is 8.53. The molecule has 0 radical (unpaired) electrons. The Balaban J connectivity index is 1.81. The first kappa shape index (κ1) is 19.8. The lowest BCUT2D eigenvalue weighted by Crippen LogP contribution is -2.65. The molecule has 3 fully saturated rings. The molecule has 30 heavy (non-hydrogen) atoms. The van der Waals surface area contributed by atoms with Crippen molar-refractivity contribution in [2.24, 2.45) is 28.1 Å². The Labute approximate surface area is 172 Å². The van der Waals surface area contributed by atoms with Gasteiger partial charge in [-0.25, -0.2) is 0 Å². The Hall–Kier alpha value is -2.10. The number of Topliss-reactive ketones (excluding diaryl/α,β-unsaturated/α-hetero) is 2. The van der Waals surface area contributed by atoms with Gasteiger partial charge in [0, 0.05) is 30.4 Å². The number of aliphatic hydroxyl groups excluding tert-OH is 2. The highest BCUT2D eigenvalue weighted by Crippen LogP contribution is 2.70. The van der Waals surface area contributed by atoms with Crippen LogP contribution in [-0.2, 0) is 28.7 Å². The predicted octanol–water partition coefficient (Wildman–Crippen LogP) is -0.755.